The zero-order valence-electron chi connectivity index (χ0n) is 17.2. The first kappa shape index (κ1) is 22.9. The van der Waals surface area contributed by atoms with Crippen LogP contribution in [0.5, 0.6) is 5.75 Å². The van der Waals surface area contributed by atoms with Crippen molar-refractivity contribution in [3.05, 3.63) is 89.5 Å². The minimum Gasteiger partial charge on any atom is -0.484 e. The summed E-state index contributed by atoms with van der Waals surface area (Å²) in [7, 11) is 0. The lowest BCUT2D eigenvalue weighted by Crippen LogP contribution is -2.21. The van der Waals surface area contributed by atoms with Gasteiger partial charge in [-0.3, -0.25) is 9.59 Å². The predicted octanol–water partition coefficient (Wildman–Crippen LogP) is 5.54. The van der Waals surface area contributed by atoms with E-state index in [1.54, 1.807) is 0 Å². The number of carbonyl (C=O) groups excluding carboxylic acids is 2. The Morgan fingerprint density at radius 1 is 0.906 bits per heavy atom. The van der Waals surface area contributed by atoms with Crippen molar-refractivity contribution in [3.63, 3.8) is 0 Å². The summed E-state index contributed by atoms with van der Waals surface area (Å²) in [6, 6.07) is 17.8. The van der Waals surface area contributed by atoms with Crippen LogP contribution in [-0.4, -0.2) is 18.4 Å². The summed E-state index contributed by atoms with van der Waals surface area (Å²) in [6.45, 7) is 1.78. The number of hydrogen-bond acceptors (Lipinski definition) is 3. The molecule has 0 aliphatic carbocycles. The van der Waals surface area contributed by atoms with E-state index < -0.39 is 17.6 Å². The molecule has 8 heteroatoms. The molecule has 0 saturated carbocycles. The molecule has 3 aromatic carbocycles. The number of halogens is 3. The van der Waals surface area contributed by atoms with Gasteiger partial charge < -0.3 is 15.4 Å². The maximum Gasteiger partial charge on any atom is 0.416 e. The van der Waals surface area contributed by atoms with Crippen molar-refractivity contribution in [2.75, 3.05) is 17.2 Å². The predicted molar refractivity (Wildman–Crippen MR) is 116 cm³/mol. The van der Waals surface area contributed by atoms with Gasteiger partial charge in [-0.05, 0) is 60.5 Å². The lowest BCUT2D eigenvalue weighted by molar-refractivity contribution is -0.137. The van der Waals surface area contributed by atoms with Crippen LogP contribution in [-0.2, 0) is 17.4 Å². The standard InChI is InChI=1S/C24H21F3N2O3/c1-2-16-6-3-4-9-21(16)29-22(30)15-32-20-12-10-17(11-13-20)23(31)28-19-8-5-7-18(14-19)24(25,26)27/h3-14H,2,15H2,1H3,(H,28,31)(H,29,30). The highest BCUT2D eigenvalue weighted by molar-refractivity contribution is 6.04. The van der Waals surface area contributed by atoms with E-state index in [1.807, 2.05) is 31.2 Å². The number of hydrogen-bond donors (Lipinski definition) is 2. The molecule has 0 aliphatic rings. The topological polar surface area (TPSA) is 67.4 Å². The zero-order chi connectivity index (χ0) is 23.1. The summed E-state index contributed by atoms with van der Waals surface area (Å²) >= 11 is 0. The van der Waals surface area contributed by atoms with Crippen LogP contribution in [0.1, 0.15) is 28.4 Å². The maximum atomic E-state index is 12.8. The number of carbonyl (C=O) groups is 2. The normalized spacial score (nSPS) is 11.0. The maximum absolute atomic E-state index is 12.8. The third-order valence-electron chi connectivity index (χ3n) is 4.61. The third kappa shape index (κ3) is 6.10. The third-order valence-corrected chi connectivity index (χ3v) is 4.61. The summed E-state index contributed by atoms with van der Waals surface area (Å²) < 4.78 is 43.9. The van der Waals surface area contributed by atoms with E-state index in [2.05, 4.69) is 10.6 Å². The van der Waals surface area contributed by atoms with Gasteiger partial charge in [0.25, 0.3) is 11.8 Å². The van der Waals surface area contributed by atoms with E-state index in [9.17, 15) is 22.8 Å². The number of aryl methyl sites for hydroxylation is 1. The summed E-state index contributed by atoms with van der Waals surface area (Å²) in [5.41, 5.74) is 1.16. The molecule has 3 rings (SSSR count). The highest BCUT2D eigenvalue weighted by Gasteiger charge is 2.30. The molecule has 0 radical (unpaired) electrons. The molecule has 166 valence electrons. The molecule has 0 bridgehead atoms. The van der Waals surface area contributed by atoms with Crippen LogP contribution in [0.2, 0.25) is 0 Å². The van der Waals surface area contributed by atoms with E-state index in [1.165, 1.54) is 36.4 Å². The van der Waals surface area contributed by atoms with Crippen molar-refractivity contribution < 1.29 is 27.5 Å². The van der Waals surface area contributed by atoms with Gasteiger partial charge in [-0.2, -0.15) is 13.2 Å². The monoisotopic (exact) mass is 442 g/mol. The second-order valence-electron chi connectivity index (χ2n) is 6.90. The minimum absolute atomic E-state index is 0.0363. The van der Waals surface area contributed by atoms with Gasteiger partial charge in [0.05, 0.1) is 5.56 Å². The number of benzene rings is 3. The van der Waals surface area contributed by atoms with Gasteiger partial charge in [-0.25, -0.2) is 0 Å². The number of rotatable bonds is 7. The number of anilines is 2. The Balaban J connectivity index is 1.55. The van der Waals surface area contributed by atoms with Crippen molar-refractivity contribution in [2.24, 2.45) is 0 Å². The smallest absolute Gasteiger partial charge is 0.416 e. The molecule has 3 aromatic rings. The quantitative estimate of drug-likeness (QED) is 0.505. The summed E-state index contributed by atoms with van der Waals surface area (Å²) in [4.78, 5) is 24.5. The van der Waals surface area contributed by atoms with Crippen molar-refractivity contribution >= 4 is 23.2 Å². The number of nitrogens with one attached hydrogen (secondary N) is 2. The van der Waals surface area contributed by atoms with Crippen LogP contribution < -0.4 is 15.4 Å². The highest BCUT2D eigenvalue weighted by Crippen LogP contribution is 2.30. The van der Waals surface area contributed by atoms with Crippen molar-refractivity contribution in [3.8, 4) is 5.75 Å². The Morgan fingerprint density at radius 2 is 1.62 bits per heavy atom. The first-order valence-corrected chi connectivity index (χ1v) is 9.85. The first-order chi connectivity index (χ1) is 15.3. The molecule has 0 aliphatic heterocycles. The largest absolute Gasteiger partial charge is 0.484 e. The summed E-state index contributed by atoms with van der Waals surface area (Å²) in [5, 5.41) is 5.23. The second kappa shape index (κ2) is 10.00. The molecule has 0 saturated heterocycles. The molecule has 0 unspecified atom stereocenters. The summed E-state index contributed by atoms with van der Waals surface area (Å²) in [5.74, 6) is -0.512. The number of amides is 2. The fraction of sp³-hybridized carbons (Fsp3) is 0.167. The Morgan fingerprint density at radius 3 is 2.31 bits per heavy atom. The Bertz CT molecular complexity index is 1100. The molecule has 0 atom stereocenters. The van der Waals surface area contributed by atoms with Gasteiger partial charge in [0.15, 0.2) is 6.61 Å². The SMILES string of the molecule is CCc1ccccc1NC(=O)COc1ccc(C(=O)Nc2cccc(C(F)(F)F)c2)cc1. The molecule has 5 nitrogen and oxygen atoms in total. The van der Waals surface area contributed by atoms with Gasteiger partial charge >= 0.3 is 6.18 Å². The lowest BCUT2D eigenvalue weighted by Gasteiger charge is -2.11. The van der Waals surface area contributed by atoms with E-state index in [0.29, 0.717) is 5.75 Å². The Hall–Kier alpha value is -3.81. The average molecular weight is 442 g/mol. The lowest BCUT2D eigenvalue weighted by atomic mass is 10.1. The average Bonchev–Trinajstić information content (AvgIpc) is 2.78. The first-order valence-electron chi connectivity index (χ1n) is 9.85. The number of para-hydroxylation sites is 1. The van der Waals surface area contributed by atoms with E-state index in [0.717, 1.165) is 29.8 Å². The molecule has 0 fully saturated rings. The zero-order valence-corrected chi connectivity index (χ0v) is 17.2. The molecular weight excluding hydrogens is 421 g/mol. The Labute approximate surface area is 183 Å². The van der Waals surface area contributed by atoms with E-state index >= 15 is 0 Å². The molecule has 2 amide bonds. The van der Waals surface area contributed by atoms with Crippen LogP contribution in [0.4, 0.5) is 24.5 Å². The van der Waals surface area contributed by atoms with Crippen molar-refractivity contribution in [1.82, 2.24) is 0 Å². The van der Waals surface area contributed by atoms with Gasteiger partial charge in [-0.1, -0.05) is 31.2 Å². The van der Waals surface area contributed by atoms with Crippen LogP contribution in [0.3, 0.4) is 0 Å². The van der Waals surface area contributed by atoms with Crippen LogP contribution >= 0.6 is 0 Å². The molecule has 2 N–H and O–H groups in total. The van der Waals surface area contributed by atoms with Crippen LogP contribution in [0.25, 0.3) is 0 Å². The summed E-state index contributed by atoms with van der Waals surface area (Å²) in [6.07, 6.45) is -3.72. The fourth-order valence-corrected chi connectivity index (χ4v) is 2.96. The molecule has 0 spiro atoms. The van der Waals surface area contributed by atoms with Gasteiger partial charge in [0.2, 0.25) is 0 Å². The molecule has 32 heavy (non-hydrogen) atoms. The van der Waals surface area contributed by atoms with Crippen LogP contribution in [0.15, 0.2) is 72.8 Å². The minimum atomic E-state index is -4.50. The Kier molecular flexibility index (Phi) is 7.14. The molecule has 0 aromatic heterocycles. The fourth-order valence-electron chi connectivity index (χ4n) is 2.96. The molecular formula is C24H21F3N2O3. The van der Waals surface area contributed by atoms with Crippen molar-refractivity contribution in [2.45, 2.75) is 19.5 Å². The van der Waals surface area contributed by atoms with Gasteiger partial charge in [-0.15, -0.1) is 0 Å². The highest BCUT2D eigenvalue weighted by atomic mass is 19.4. The van der Waals surface area contributed by atoms with Gasteiger partial charge in [0, 0.05) is 16.9 Å². The van der Waals surface area contributed by atoms with Crippen LogP contribution in [0, 0.1) is 0 Å². The van der Waals surface area contributed by atoms with E-state index in [-0.39, 0.29) is 23.8 Å². The van der Waals surface area contributed by atoms with E-state index in [4.69, 9.17) is 4.74 Å². The second-order valence-corrected chi connectivity index (χ2v) is 6.90. The van der Waals surface area contributed by atoms with Gasteiger partial charge in [0.1, 0.15) is 5.75 Å². The van der Waals surface area contributed by atoms with Crippen molar-refractivity contribution in [1.29, 1.82) is 0 Å². The molecule has 0 heterocycles. The number of alkyl halides is 3. The number of ether oxygens (including phenoxy) is 1.